The monoisotopic (exact) mass is 292 g/mol. The minimum Gasteiger partial charge on any atom is -0.505 e. The van der Waals surface area contributed by atoms with Gasteiger partial charge in [0.15, 0.2) is 5.75 Å². The van der Waals surface area contributed by atoms with Crippen molar-refractivity contribution in [2.24, 2.45) is 0 Å². The Morgan fingerprint density at radius 2 is 1.56 bits per heavy atom. The largest absolute Gasteiger partial charge is 0.505 e. The van der Waals surface area contributed by atoms with Crippen LogP contribution in [0.25, 0.3) is 0 Å². The van der Waals surface area contributed by atoms with Crippen molar-refractivity contribution in [1.82, 2.24) is 0 Å². The van der Waals surface area contributed by atoms with Crippen molar-refractivity contribution < 1.29 is 29.7 Å². The first-order chi connectivity index (χ1) is 7.03. The second kappa shape index (κ2) is 3.82. The molecule has 1 aromatic rings. The maximum absolute atomic E-state index is 12.6. The maximum Gasteiger partial charge on any atom is 0.335 e. The van der Waals surface area contributed by atoms with Crippen LogP contribution in [0.3, 0.4) is 0 Å². The highest BCUT2D eigenvalue weighted by molar-refractivity contribution is 7.87. The lowest BCUT2D eigenvalue weighted by molar-refractivity contribution is 0.454. The van der Waals surface area contributed by atoms with Crippen molar-refractivity contribution in [2.45, 2.75) is 9.79 Å². The van der Waals surface area contributed by atoms with Gasteiger partial charge >= 0.3 is 20.4 Å². The van der Waals surface area contributed by atoms with E-state index in [0.717, 1.165) is 0 Å². The van der Waals surface area contributed by atoms with Crippen molar-refractivity contribution >= 4 is 32.0 Å². The summed E-state index contributed by atoms with van der Waals surface area (Å²) in [6.45, 7) is 0. The SMILES string of the molecule is O=S(=O)(F)c1cc(Cl)c(O)c(S(=O)(=O)F)c1. The van der Waals surface area contributed by atoms with E-state index in [4.69, 9.17) is 16.7 Å². The maximum atomic E-state index is 12.6. The average Bonchev–Trinajstić information content (AvgIpc) is 2.05. The molecule has 0 aliphatic rings. The number of phenolic OH excluding ortho intramolecular Hbond substituents is 1. The summed E-state index contributed by atoms with van der Waals surface area (Å²) >= 11 is 5.22. The normalized spacial score (nSPS) is 12.7. The molecule has 1 N–H and O–H groups in total. The lowest BCUT2D eigenvalue weighted by atomic mass is 10.3. The average molecular weight is 293 g/mol. The molecule has 1 rings (SSSR count). The van der Waals surface area contributed by atoms with Crippen LogP contribution in [0.1, 0.15) is 0 Å². The smallest absolute Gasteiger partial charge is 0.335 e. The minimum absolute atomic E-state index is 0.131. The fourth-order valence-electron chi connectivity index (χ4n) is 0.877. The van der Waals surface area contributed by atoms with Gasteiger partial charge in [0, 0.05) is 0 Å². The van der Waals surface area contributed by atoms with Gasteiger partial charge in [-0.3, -0.25) is 0 Å². The molecule has 0 fully saturated rings. The molecule has 0 saturated carbocycles. The zero-order chi connectivity index (χ0) is 12.7. The Morgan fingerprint density at radius 3 is 1.94 bits per heavy atom. The first kappa shape index (κ1) is 13.1. The first-order valence-corrected chi connectivity index (χ1v) is 6.60. The molecule has 0 aliphatic heterocycles. The van der Waals surface area contributed by atoms with Gasteiger partial charge in [-0.1, -0.05) is 11.6 Å². The van der Waals surface area contributed by atoms with E-state index in [1.54, 1.807) is 0 Å². The quantitative estimate of drug-likeness (QED) is 0.832. The fraction of sp³-hybridized carbons (Fsp3) is 0. The van der Waals surface area contributed by atoms with Crippen LogP contribution in [-0.2, 0) is 20.4 Å². The van der Waals surface area contributed by atoms with Gasteiger partial charge in [0.2, 0.25) is 0 Å². The van der Waals surface area contributed by atoms with Crippen LogP contribution >= 0.6 is 11.6 Å². The third-order valence-electron chi connectivity index (χ3n) is 1.55. The second-order valence-electron chi connectivity index (χ2n) is 2.63. The van der Waals surface area contributed by atoms with Crippen molar-refractivity contribution in [3.05, 3.63) is 17.2 Å². The number of hydrogen-bond acceptors (Lipinski definition) is 5. The van der Waals surface area contributed by atoms with Crippen LogP contribution in [0.15, 0.2) is 21.9 Å². The predicted octanol–water partition coefficient (Wildman–Crippen LogP) is 1.36. The molecular formula is C6H3ClF2O5S2. The highest BCUT2D eigenvalue weighted by Gasteiger charge is 2.25. The summed E-state index contributed by atoms with van der Waals surface area (Å²) < 4.78 is 67.0. The van der Waals surface area contributed by atoms with Crippen molar-refractivity contribution in [2.75, 3.05) is 0 Å². The summed E-state index contributed by atoms with van der Waals surface area (Å²) in [7, 11) is -10.7. The van der Waals surface area contributed by atoms with Crippen LogP contribution in [0.5, 0.6) is 5.75 Å². The van der Waals surface area contributed by atoms with Gasteiger partial charge in [0.25, 0.3) is 0 Å². The fourth-order valence-corrected chi connectivity index (χ4v) is 2.42. The second-order valence-corrected chi connectivity index (χ2v) is 5.70. The molecule has 0 saturated heterocycles. The van der Waals surface area contributed by atoms with E-state index in [9.17, 15) is 24.6 Å². The molecule has 0 unspecified atom stereocenters. The van der Waals surface area contributed by atoms with Crippen LogP contribution < -0.4 is 0 Å². The molecule has 5 nitrogen and oxygen atoms in total. The van der Waals surface area contributed by atoms with E-state index in [0.29, 0.717) is 6.07 Å². The number of benzene rings is 1. The molecule has 0 radical (unpaired) electrons. The molecule has 10 heteroatoms. The molecule has 0 aromatic heterocycles. The van der Waals surface area contributed by atoms with Gasteiger partial charge in [0.05, 0.1) is 5.02 Å². The lowest BCUT2D eigenvalue weighted by Crippen LogP contribution is -1.98. The molecule has 0 amide bonds. The van der Waals surface area contributed by atoms with Crippen LogP contribution in [0.2, 0.25) is 5.02 Å². The molecule has 0 bridgehead atoms. The van der Waals surface area contributed by atoms with E-state index in [-0.39, 0.29) is 6.07 Å². The summed E-state index contributed by atoms with van der Waals surface area (Å²) in [5.41, 5.74) is 0. The van der Waals surface area contributed by atoms with Gasteiger partial charge in [-0.2, -0.15) is 16.8 Å². The van der Waals surface area contributed by atoms with Crippen LogP contribution in [-0.4, -0.2) is 21.9 Å². The highest BCUT2D eigenvalue weighted by Crippen LogP contribution is 2.35. The Labute approximate surface area is 94.7 Å². The van der Waals surface area contributed by atoms with Gasteiger partial charge < -0.3 is 5.11 Å². The molecule has 0 spiro atoms. The minimum atomic E-state index is -5.40. The third-order valence-corrected chi connectivity index (χ3v) is 3.47. The lowest BCUT2D eigenvalue weighted by Gasteiger charge is -2.03. The standard InChI is InChI=1S/C6H3ClF2O5S2/c7-4-1-3(15(8,11)12)2-5(6(4)10)16(9,13)14/h1-2,10H. The predicted molar refractivity (Wildman–Crippen MR) is 49.7 cm³/mol. The van der Waals surface area contributed by atoms with Gasteiger partial charge in [-0.05, 0) is 12.1 Å². The number of phenols is 1. The molecule has 16 heavy (non-hydrogen) atoms. The Balaban J connectivity index is 3.72. The molecule has 0 heterocycles. The van der Waals surface area contributed by atoms with Crippen LogP contribution in [0, 0.1) is 0 Å². The van der Waals surface area contributed by atoms with Gasteiger partial charge in [0.1, 0.15) is 9.79 Å². The van der Waals surface area contributed by atoms with E-state index >= 15 is 0 Å². The summed E-state index contributed by atoms with van der Waals surface area (Å²) in [5, 5.41) is 8.26. The number of halogens is 3. The van der Waals surface area contributed by atoms with Crippen LogP contribution in [0.4, 0.5) is 7.77 Å². The zero-order valence-electron chi connectivity index (χ0n) is 7.19. The number of hydrogen-bond donors (Lipinski definition) is 1. The molecule has 90 valence electrons. The van der Waals surface area contributed by atoms with Crippen molar-refractivity contribution in [1.29, 1.82) is 0 Å². The van der Waals surface area contributed by atoms with Gasteiger partial charge in [-0.25, -0.2) is 0 Å². The first-order valence-electron chi connectivity index (χ1n) is 3.45. The van der Waals surface area contributed by atoms with E-state index in [1.165, 1.54) is 0 Å². The summed E-state index contributed by atoms with van der Waals surface area (Å²) in [6.07, 6.45) is 0. The summed E-state index contributed by atoms with van der Waals surface area (Å²) in [5.74, 6) is -1.18. The van der Waals surface area contributed by atoms with Crippen molar-refractivity contribution in [3.63, 3.8) is 0 Å². The molecule has 0 aliphatic carbocycles. The topological polar surface area (TPSA) is 88.5 Å². The Hall–Kier alpha value is -0.930. The third kappa shape index (κ3) is 2.60. The van der Waals surface area contributed by atoms with E-state index in [2.05, 4.69) is 0 Å². The molecule has 1 aromatic carbocycles. The molecular weight excluding hydrogens is 290 g/mol. The number of aromatic hydroxyl groups is 1. The Kier molecular flexibility index (Phi) is 3.14. The van der Waals surface area contributed by atoms with Crippen molar-refractivity contribution in [3.8, 4) is 5.75 Å². The number of rotatable bonds is 2. The molecule has 0 atom stereocenters. The van der Waals surface area contributed by atoms with E-state index < -0.39 is 41.0 Å². The summed E-state index contributed by atoms with van der Waals surface area (Å²) in [6, 6.07) is 0.590. The Morgan fingerprint density at radius 1 is 1.06 bits per heavy atom. The van der Waals surface area contributed by atoms with E-state index in [1.807, 2.05) is 0 Å². The zero-order valence-corrected chi connectivity index (χ0v) is 9.57. The highest BCUT2D eigenvalue weighted by atomic mass is 35.5. The summed E-state index contributed by atoms with van der Waals surface area (Å²) in [4.78, 5) is -2.57. The Bertz CT molecular complexity index is 637. The van der Waals surface area contributed by atoms with Gasteiger partial charge in [-0.15, -0.1) is 7.77 Å².